The predicted octanol–water partition coefficient (Wildman–Crippen LogP) is 7.81. The van der Waals surface area contributed by atoms with Gasteiger partial charge in [0.15, 0.2) is 0 Å². The van der Waals surface area contributed by atoms with E-state index in [-0.39, 0.29) is 0 Å². The topological polar surface area (TPSA) is 0 Å². The Labute approximate surface area is 309 Å². The molecular weight excluding hydrogens is 637 g/mol. The number of rotatable bonds is 0. The molecule has 0 aromatic heterocycles. The van der Waals surface area contributed by atoms with Gasteiger partial charge in [-0.15, -0.1) is 0 Å². The zero-order chi connectivity index (χ0) is 30.9. The first-order chi connectivity index (χ1) is 26.3. The molecule has 0 N–H and O–H groups in total. The zero-order valence-corrected chi connectivity index (χ0v) is 30.3. The molecule has 53 heavy (non-hydrogen) atoms. The highest BCUT2D eigenvalue weighted by atomic mass is 15.2. The Morgan fingerprint density at radius 3 is 0.566 bits per heavy atom. The van der Waals surface area contributed by atoms with Gasteiger partial charge >= 0.3 is 0 Å². The first kappa shape index (κ1) is 21.6. The average molecular weight is 681 g/mol. The van der Waals surface area contributed by atoms with Gasteiger partial charge in [-0.05, 0) is 244 Å². The van der Waals surface area contributed by atoms with E-state index in [1.165, 1.54) is 118 Å². The Morgan fingerprint density at radius 2 is 0.396 bits per heavy atom. The number of hydrogen-bond donors (Lipinski definition) is 0. The van der Waals surface area contributed by atoms with E-state index in [4.69, 9.17) is 0 Å². The van der Waals surface area contributed by atoms with E-state index in [1.54, 1.807) is 51.4 Å². The molecule has 0 nitrogen and oxygen atoms in total. The third-order valence-electron chi connectivity index (χ3n) is 33.6. The van der Waals surface area contributed by atoms with Gasteiger partial charge in [0.1, 0.15) is 0 Å². The van der Waals surface area contributed by atoms with Crippen LogP contribution in [0.25, 0.3) is 0 Å². The molecule has 0 radical (unpaired) electrons. The SMILES string of the molecule is C1C2C3CC4C5CC6C7CC8C9CC%10C%11CC%12C%13CC%14C%15CC%16C1C%161C2C2=C%16C3C45C6C3=C4C7C89C%10C5=C6C%11C%13%12C%14C7=C(C%151)C21C2C%163C3C45C4C76C1C234. The van der Waals surface area contributed by atoms with Crippen LogP contribution < -0.4 is 0 Å². The number of fused-ring (bicyclic) bond motifs is 8. The maximum Gasteiger partial charge on any atom is 0.0224 e. The van der Waals surface area contributed by atoms with Crippen LogP contribution in [0.4, 0.5) is 0 Å². The Morgan fingerprint density at radius 1 is 0.226 bits per heavy atom. The summed E-state index contributed by atoms with van der Waals surface area (Å²) in [4.78, 5) is 0. The fraction of sp³-hybridized carbons (Fsp3) is 0.849. The van der Waals surface area contributed by atoms with Gasteiger partial charge in [0, 0.05) is 21.7 Å². The molecule has 28 aliphatic rings. The lowest BCUT2D eigenvalue weighted by molar-refractivity contribution is -0.525. The van der Waals surface area contributed by atoms with Crippen molar-refractivity contribution >= 4 is 0 Å². The predicted molar refractivity (Wildman–Crippen MR) is 185 cm³/mol. The molecule has 0 heteroatoms. The largest absolute Gasteiger partial charge is 0.0548 e. The summed E-state index contributed by atoms with van der Waals surface area (Å²) in [6, 6.07) is 0. The van der Waals surface area contributed by atoms with Crippen LogP contribution in [0.5, 0.6) is 0 Å². The first-order valence-electron chi connectivity index (χ1n) is 25.3. The Bertz CT molecular complexity index is 2270. The van der Waals surface area contributed by atoms with E-state index in [9.17, 15) is 0 Å². The standard InChI is InChI=1S/C53H44/c1-9-10-2-19-20-5-13-14-6-23-24-8-16-15-7-22-21-4-12-11-3-18-17(1)45(18)25(9)33-34-26(10)46(19,20)28(13)37-38-30(14)48(23,24)32(16)40-39-31(15)47(21,22)29(12)36-35(27(11)45)49(33)41-50(34,37)43-52(38,40)44-51(36,39)42(49)53(41,43)44/h9-32,41-44H,1-8H2. The van der Waals surface area contributed by atoms with E-state index in [1.807, 2.05) is 0 Å². The summed E-state index contributed by atoms with van der Waals surface area (Å²) in [5, 5.41) is 0. The van der Waals surface area contributed by atoms with Crippen molar-refractivity contribution in [1.82, 2.24) is 0 Å². The van der Waals surface area contributed by atoms with Gasteiger partial charge in [-0.3, -0.25) is 0 Å². The van der Waals surface area contributed by atoms with Crippen molar-refractivity contribution in [2.75, 3.05) is 0 Å². The summed E-state index contributed by atoms with van der Waals surface area (Å²) < 4.78 is 0. The second-order valence-electron chi connectivity index (χ2n) is 29.4. The highest BCUT2D eigenvalue weighted by Gasteiger charge is 3.21. The van der Waals surface area contributed by atoms with Crippen LogP contribution in [0.15, 0.2) is 44.6 Å². The Kier molecular flexibility index (Phi) is 1.82. The quantitative estimate of drug-likeness (QED) is 0.229. The first-order valence-corrected chi connectivity index (χ1v) is 25.3. The summed E-state index contributed by atoms with van der Waals surface area (Å²) in [5.41, 5.74) is 27.0. The second-order valence-corrected chi connectivity index (χ2v) is 29.4. The van der Waals surface area contributed by atoms with Crippen molar-refractivity contribution < 1.29 is 0 Å². The van der Waals surface area contributed by atoms with E-state index in [2.05, 4.69) is 44.6 Å². The van der Waals surface area contributed by atoms with Gasteiger partial charge in [-0.2, -0.15) is 0 Å². The Hall–Kier alpha value is -1.04. The summed E-state index contributed by atoms with van der Waals surface area (Å²) in [6.07, 6.45) is 14.1. The molecule has 20 saturated carbocycles. The van der Waals surface area contributed by atoms with Crippen LogP contribution >= 0.6 is 0 Å². The fourth-order valence-corrected chi connectivity index (χ4v) is 37.4. The molecule has 24 atom stereocenters. The minimum Gasteiger partial charge on any atom is -0.0548 e. The zero-order valence-electron chi connectivity index (χ0n) is 30.3. The lowest BCUT2D eigenvalue weighted by atomic mass is 9.01. The van der Waals surface area contributed by atoms with Crippen LogP contribution in [-0.2, 0) is 0 Å². The van der Waals surface area contributed by atoms with Crippen LogP contribution in [0.2, 0.25) is 0 Å². The molecular formula is C53H44. The third-order valence-corrected chi connectivity index (χ3v) is 33.6. The molecule has 0 saturated heterocycles. The van der Waals surface area contributed by atoms with Crippen molar-refractivity contribution in [2.45, 2.75) is 51.4 Å². The van der Waals surface area contributed by atoms with Crippen molar-refractivity contribution in [1.29, 1.82) is 0 Å². The summed E-state index contributed by atoms with van der Waals surface area (Å²) in [7, 11) is 0. The van der Waals surface area contributed by atoms with E-state index in [0.29, 0.717) is 21.7 Å². The molecule has 9 spiro atoms. The second kappa shape index (κ2) is 4.46. The lowest BCUT2D eigenvalue weighted by Gasteiger charge is -3.01. The lowest BCUT2D eigenvalue weighted by Crippen LogP contribution is -3.00. The van der Waals surface area contributed by atoms with E-state index >= 15 is 0 Å². The van der Waals surface area contributed by atoms with Gasteiger partial charge in [0.05, 0.1) is 0 Å². The minimum atomic E-state index is 0.676. The molecule has 28 aliphatic carbocycles. The van der Waals surface area contributed by atoms with Gasteiger partial charge in [-0.25, -0.2) is 0 Å². The summed E-state index contributed by atoms with van der Waals surface area (Å²) >= 11 is 0. The molecule has 0 heterocycles. The van der Waals surface area contributed by atoms with Gasteiger partial charge in [0.2, 0.25) is 0 Å². The highest BCUT2D eigenvalue weighted by molar-refractivity contribution is 5.91. The molecule has 256 valence electrons. The van der Waals surface area contributed by atoms with Gasteiger partial charge < -0.3 is 0 Å². The highest BCUT2D eigenvalue weighted by Crippen LogP contribution is 3.25. The van der Waals surface area contributed by atoms with E-state index < -0.39 is 0 Å². The molecule has 28 rings (SSSR count). The summed E-state index contributed by atoms with van der Waals surface area (Å²) in [6.45, 7) is 0. The molecule has 20 fully saturated rings. The van der Waals surface area contributed by atoms with Gasteiger partial charge in [0.25, 0.3) is 0 Å². The summed E-state index contributed by atoms with van der Waals surface area (Å²) in [5.74, 6) is 32.8. The number of allylic oxidation sites excluding steroid dienone is 8. The number of hydrogen-bond acceptors (Lipinski definition) is 0. The Balaban J connectivity index is 0.968. The van der Waals surface area contributed by atoms with Crippen LogP contribution in [-0.4, -0.2) is 0 Å². The molecule has 24 unspecified atom stereocenters. The monoisotopic (exact) mass is 680 g/mol. The average Bonchev–Trinajstić information content (AvgIpc) is 3.70. The normalized spacial score (nSPS) is 98.7. The smallest absolute Gasteiger partial charge is 0.0224 e. The molecule has 0 aromatic rings. The van der Waals surface area contributed by atoms with Crippen LogP contribution in [0, 0.1) is 214 Å². The van der Waals surface area contributed by atoms with Crippen molar-refractivity contribution in [3.8, 4) is 0 Å². The van der Waals surface area contributed by atoms with Crippen LogP contribution in [0.1, 0.15) is 51.4 Å². The van der Waals surface area contributed by atoms with E-state index in [0.717, 1.165) is 74.4 Å². The maximum absolute atomic E-state index is 2.52. The minimum absolute atomic E-state index is 0.676. The van der Waals surface area contributed by atoms with Crippen molar-refractivity contribution in [3.05, 3.63) is 44.6 Å². The third kappa shape index (κ3) is 0.992. The molecule has 0 aliphatic heterocycles. The van der Waals surface area contributed by atoms with Crippen molar-refractivity contribution in [2.24, 2.45) is 214 Å². The van der Waals surface area contributed by atoms with Crippen LogP contribution in [0.3, 0.4) is 0 Å². The molecule has 0 aromatic carbocycles. The molecule has 0 amide bonds. The maximum atomic E-state index is 2.52. The van der Waals surface area contributed by atoms with Crippen molar-refractivity contribution in [3.63, 3.8) is 0 Å². The fourth-order valence-electron chi connectivity index (χ4n) is 37.4. The van der Waals surface area contributed by atoms with Gasteiger partial charge in [-0.1, -0.05) is 44.6 Å². The molecule has 0 bridgehead atoms.